The van der Waals surface area contributed by atoms with Crippen LogP contribution < -0.4 is 0 Å². The van der Waals surface area contributed by atoms with Crippen LogP contribution >= 0.6 is 0 Å². The summed E-state index contributed by atoms with van der Waals surface area (Å²) in [7, 11) is 1.75. The summed E-state index contributed by atoms with van der Waals surface area (Å²) < 4.78 is 39.0. The Hall–Kier alpha value is -2.99. The number of hydrogen-bond acceptors (Lipinski definition) is 2. The standard InChI is InChI=1S/C28H30F2N2O2/c1-18-10-12-20(13-11-18)24-19(2)26-28(29,30)23-9-5-4-7-21(23)17-32(26)25(24)27(33)31(3)15-14-22-8-6-16-34-22/h4-5,7,9-13,22H,6,8,14-17H2,1-3H3. The van der Waals surface area contributed by atoms with Crippen LogP contribution in [-0.4, -0.2) is 41.7 Å². The number of fused-ring (bicyclic) bond motifs is 2. The summed E-state index contributed by atoms with van der Waals surface area (Å²) in [5.74, 6) is -3.43. The van der Waals surface area contributed by atoms with Crippen molar-refractivity contribution in [2.24, 2.45) is 0 Å². The van der Waals surface area contributed by atoms with Crippen molar-refractivity contribution >= 4 is 5.91 Å². The number of carbonyl (C=O) groups is 1. The number of halogens is 2. The second kappa shape index (κ2) is 8.66. The van der Waals surface area contributed by atoms with Crippen LogP contribution in [0.2, 0.25) is 0 Å². The molecule has 4 nitrogen and oxygen atoms in total. The Morgan fingerprint density at radius 3 is 2.59 bits per heavy atom. The molecule has 6 heteroatoms. The fraction of sp³-hybridized carbons (Fsp3) is 0.393. The Balaban J connectivity index is 1.63. The molecule has 3 heterocycles. The SMILES string of the molecule is Cc1ccc(-c2c(C)c3n(c2C(=O)N(C)CCC2CCCO2)Cc2ccccc2C3(F)F)cc1. The van der Waals surface area contributed by atoms with Crippen LogP contribution in [0.1, 0.15) is 57.7 Å². The second-order valence-corrected chi connectivity index (χ2v) is 9.53. The molecule has 3 aromatic rings. The third-order valence-electron chi connectivity index (χ3n) is 7.19. The highest BCUT2D eigenvalue weighted by atomic mass is 19.3. The maximum absolute atomic E-state index is 15.9. The zero-order chi connectivity index (χ0) is 24.0. The zero-order valence-electron chi connectivity index (χ0n) is 19.9. The minimum atomic E-state index is -3.19. The van der Waals surface area contributed by atoms with Gasteiger partial charge in [-0.25, -0.2) is 0 Å². The lowest BCUT2D eigenvalue weighted by Crippen LogP contribution is -2.34. The van der Waals surface area contributed by atoms with Gasteiger partial charge in [-0.1, -0.05) is 54.1 Å². The Labute approximate surface area is 199 Å². The molecule has 1 aromatic heterocycles. The van der Waals surface area contributed by atoms with E-state index in [0.717, 1.165) is 37.0 Å². The van der Waals surface area contributed by atoms with E-state index in [4.69, 9.17) is 4.74 Å². The van der Waals surface area contributed by atoms with Gasteiger partial charge in [-0.3, -0.25) is 4.79 Å². The summed E-state index contributed by atoms with van der Waals surface area (Å²) in [4.78, 5) is 15.5. The van der Waals surface area contributed by atoms with Gasteiger partial charge in [-0.15, -0.1) is 0 Å². The number of benzene rings is 2. The van der Waals surface area contributed by atoms with Gasteiger partial charge in [0.25, 0.3) is 5.91 Å². The number of ether oxygens (including phenoxy) is 1. The van der Waals surface area contributed by atoms with Crippen molar-refractivity contribution in [3.63, 3.8) is 0 Å². The van der Waals surface area contributed by atoms with E-state index >= 15 is 8.78 Å². The monoisotopic (exact) mass is 464 g/mol. The first-order chi connectivity index (χ1) is 16.3. The highest BCUT2D eigenvalue weighted by molar-refractivity contribution is 6.01. The smallest absolute Gasteiger partial charge is 0.313 e. The molecule has 1 fully saturated rings. The first-order valence-electron chi connectivity index (χ1n) is 11.9. The fourth-order valence-electron chi connectivity index (χ4n) is 5.36. The third-order valence-corrected chi connectivity index (χ3v) is 7.19. The lowest BCUT2D eigenvalue weighted by Gasteiger charge is -2.29. The predicted molar refractivity (Wildman–Crippen MR) is 128 cm³/mol. The van der Waals surface area contributed by atoms with Crippen LogP contribution in [-0.2, 0) is 17.2 Å². The Morgan fingerprint density at radius 2 is 1.88 bits per heavy atom. The van der Waals surface area contributed by atoms with Crippen molar-refractivity contribution in [3.05, 3.63) is 82.2 Å². The summed E-state index contributed by atoms with van der Waals surface area (Å²) in [6.45, 7) is 5.22. The predicted octanol–water partition coefficient (Wildman–Crippen LogP) is 5.91. The minimum Gasteiger partial charge on any atom is -0.378 e. The van der Waals surface area contributed by atoms with Gasteiger partial charge in [0.05, 0.1) is 11.8 Å². The average molecular weight is 465 g/mol. The van der Waals surface area contributed by atoms with Crippen molar-refractivity contribution in [2.45, 2.75) is 51.7 Å². The quantitative estimate of drug-likeness (QED) is 0.470. The highest BCUT2D eigenvalue weighted by Gasteiger charge is 2.46. The topological polar surface area (TPSA) is 34.5 Å². The molecule has 2 aliphatic rings. The largest absolute Gasteiger partial charge is 0.378 e. The summed E-state index contributed by atoms with van der Waals surface area (Å²) >= 11 is 0. The first-order valence-corrected chi connectivity index (χ1v) is 11.9. The van der Waals surface area contributed by atoms with E-state index < -0.39 is 5.92 Å². The molecule has 34 heavy (non-hydrogen) atoms. The number of amides is 1. The molecular weight excluding hydrogens is 434 g/mol. The molecule has 2 aromatic carbocycles. The van der Waals surface area contributed by atoms with E-state index in [0.29, 0.717) is 28.9 Å². The van der Waals surface area contributed by atoms with Crippen LogP contribution in [0, 0.1) is 13.8 Å². The molecule has 1 saturated heterocycles. The molecule has 1 unspecified atom stereocenters. The van der Waals surface area contributed by atoms with Crippen molar-refractivity contribution < 1.29 is 18.3 Å². The lowest BCUT2D eigenvalue weighted by molar-refractivity contribution is 0.0274. The van der Waals surface area contributed by atoms with Gasteiger partial charge in [0.1, 0.15) is 5.69 Å². The fourth-order valence-corrected chi connectivity index (χ4v) is 5.36. The molecule has 0 aliphatic carbocycles. The number of aromatic nitrogens is 1. The number of aryl methyl sites for hydroxylation is 1. The first kappa shape index (κ1) is 22.8. The van der Waals surface area contributed by atoms with Crippen molar-refractivity contribution in [1.82, 2.24) is 9.47 Å². The zero-order valence-corrected chi connectivity index (χ0v) is 19.9. The molecule has 0 saturated carbocycles. The van der Waals surface area contributed by atoms with E-state index in [1.165, 1.54) is 6.07 Å². The lowest BCUT2D eigenvalue weighted by atomic mass is 9.93. The van der Waals surface area contributed by atoms with Crippen molar-refractivity contribution in [3.8, 4) is 11.1 Å². The molecule has 1 amide bonds. The molecule has 2 aliphatic heterocycles. The van der Waals surface area contributed by atoms with Gasteiger partial charge in [0.2, 0.25) is 0 Å². The van der Waals surface area contributed by atoms with Gasteiger partial charge in [0, 0.05) is 37.9 Å². The van der Waals surface area contributed by atoms with E-state index in [-0.39, 0.29) is 29.8 Å². The third kappa shape index (κ3) is 3.74. The van der Waals surface area contributed by atoms with Crippen molar-refractivity contribution in [2.75, 3.05) is 20.2 Å². The van der Waals surface area contributed by atoms with Crippen molar-refractivity contribution in [1.29, 1.82) is 0 Å². The highest BCUT2D eigenvalue weighted by Crippen LogP contribution is 2.48. The number of nitrogens with zero attached hydrogens (tertiary/aromatic N) is 2. The van der Waals surface area contributed by atoms with Gasteiger partial charge < -0.3 is 14.2 Å². The molecule has 1 atom stereocenters. The number of alkyl halides is 2. The number of rotatable bonds is 5. The Bertz CT molecular complexity index is 1220. The van der Waals surface area contributed by atoms with E-state index in [1.54, 1.807) is 41.6 Å². The van der Waals surface area contributed by atoms with Crippen LogP contribution in [0.4, 0.5) is 8.78 Å². The summed E-state index contributed by atoms with van der Waals surface area (Å²) in [5.41, 5.74) is 3.71. The summed E-state index contributed by atoms with van der Waals surface area (Å²) in [5, 5.41) is 0. The molecular formula is C28H30F2N2O2. The van der Waals surface area contributed by atoms with Crippen LogP contribution in [0.25, 0.3) is 11.1 Å². The number of carbonyl (C=O) groups excluding carboxylic acids is 1. The molecule has 0 N–H and O–H groups in total. The second-order valence-electron chi connectivity index (χ2n) is 9.53. The Morgan fingerprint density at radius 1 is 1.15 bits per heavy atom. The summed E-state index contributed by atoms with van der Waals surface area (Å²) in [6.07, 6.45) is 2.94. The van der Waals surface area contributed by atoms with Gasteiger partial charge in [0.15, 0.2) is 0 Å². The van der Waals surface area contributed by atoms with Crippen LogP contribution in [0.3, 0.4) is 0 Å². The number of hydrogen-bond donors (Lipinski definition) is 0. The summed E-state index contributed by atoms with van der Waals surface area (Å²) in [6, 6.07) is 14.4. The average Bonchev–Trinajstić information content (AvgIpc) is 3.44. The maximum atomic E-state index is 15.9. The van der Waals surface area contributed by atoms with Gasteiger partial charge >= 0.3 is 5.92 Å². The molecule has 178 valence electrons. The van der Waals surface area contributed by atoms with E-state index in [1.807, 2.05) is 31.2 Å². The van der Waals surface area contributed by atoms with E-state index in [2.05, 4.69) is 0 Å². The molecule has 0 bridgehead atoms. The molecule has 0 radical (unpaired) electrons. The van der Waals surface area contributed by atoms with Crippen LogP contribution in [0.5, 0.6) is 0 Å². The van der Waals surface area contributed by atoms with Gasteiger partial charge in [-0.05, 0) is 49.8 Å². The molecule has 0 spiro atoms. The van der Waals surface area contributed by atoms with Crippen LogP contribution in [0.15, 0.2) is 48.5 Å². The normalized spacial score (nSPS) is 18.4. The van der Waals surface area contributed by atoms with Gasteiger partial charge in [-0.2, -0.15) is 8.78 Å². The Kier molecular flexibility index (Phi) is 5.80. The molecule has 5 rings (SSSR count). The van der Waals surface area contributed by atoms with E-state index in [9.17, 15) is 4.79 Å². The maximum Gasteiger partial charge on any atom is 0.313 e. The minimum absolute atomic E-state index is 0.0179.